The molecule has 0 radical (unpaired) electrons. The molecule has 0 saturated heterocycles. The minimum Gasteiger partial charge on any atom is -0.493 e. The third kappa shape index (κ3) is 4.55. The van der Waals surface area contributed by atoms with Gasteiger partial charge in [0.15, 0.2) is 0 Å². The van der Waals surface area contributed by atoms with Gasteiger partial charge in [0.05, 0.1) is 13.2 Å². The molecule has 1 saturated carbocycles. The van der Waals surface area contributed by atoms with Crippen LogP contribution in [0.4, 0.5) is 5.69 Å². The number of esters is 1. The second kappa shape index (κ2) is 9.03. The van der Waals surface area contributed by atoms with Crippen molar-refractivity contribution in [1.82, 2.24) is 0 Å². The van der Waals surface area contributed by atoms with Gasteiger partial charge in [-0.1, -0.05) is 13.3 Å². The number of carbonyl (C=O) groups excluding carboxylic acids is 2. The molecule has 0 unspecified atom stereocenters. The maximum Gasteiger partial charge on any atom is 0.341 e. The molecule has 144 valence electrons. The summed E-state index contributed by atoms with van der Waals surface area (Å²) >= 11 is 0. The van der Waals surface area contributed by atoms with Crippen LogP contribution in [0.15, 0.2) is 18.2 Å². The first-order valence-electron chi connectivity index (χ1n) is 9.26. The summed E-state index contributed by atoms with van der Waals surface area (Å²) in [6.07, 6.45) is 3.45. The Labute approximate surface area is 155 Å². The average Bonchev–Trinajstić information content (AvgIpc) is 2.63. The highest BCUT2D eigenvalue weighted by Crippen LogP contribution is 2.36. The van der Waals surface area contributed by atoms with E-state index in [-0.39, 0.29) is 12.5 Å². The van der Waals surface area contributed by atoms with Gasteiger partial charge in [-0.3, -0.25) is 4.79 Å². The molecule has 26 heavy (non-hydrogen) atoms. The lowest BCUT2D eigenvalue weighted by atomic mass is 9.78. The molecule has 1 N–H and O–H groups in total. The SMILES string of the molecule is CCOC(=O)c1cc(NC(=O)[C@]2(OC)CCC[C@H](C)C2)ccc1OCC. The van der Waals surface area contributed by atoms with Crippen LogP contribution in [0.2, 0.25) is 0 Å². The molecule has 1 aromatic rings. The molecule has 1 aliphatic carbocycles. The molecule has 1 fully saturated rings. The predicted octanol–water partition coefficient (Wildman–Crippen LogP) is 3.80. The third-order valence-electron chi connectivity index (χ3n) is 4.79. The van der Waals surface area contributed by atoms with E-state index in [4.69, 9.17) is 14.2 Å². The van der Waals surface area contributed by atoms with Crippen molar-refractivity contribution in [3.63, 3.8) is 0 Å². The quantitative estimate of drug-likeness (QED) is 0.746. The van der Waals surface area contributed by atoms with Crippen molar-refractivity contribution in [3.05, 3.63) is 23.8 Å². The number of hydrogen-bond donors (Lipinski definition) is 1. The van der Waals surface area contributed by atoms with Crippen molar-refractivity contribution >= 4 is 17.6 Å². The smallest absolute Gasteiger partial charge is 0.341 e. The number of benzene rings is 1. The summed E-state index contributed by atoms with van der Waals surface area (Å²) in [5, 5.41) is 2.90. The summed E-state index contributed by atoms with van der Waals surface area (Å²) in [6, 6.07) is 4.99. The molecule has 6 nitrogen and oxygen atoms in total. The van der Waals surface area contributed by atoms with Crippen molar-refractivity contribution in [3.8, 4) is 5.75 Å². The second-order valence-corrected chi connectivity index (χ2v) is 6.72. The van der Waals surface area contributed by atoms with Crippen LogP contribution in [-0.2, 0) is 14.3 Å². The number of hydrogen-bond acceptors (Lipinski definition) is 5. The van der Waals surface area contributed by atoms with Crippen LogP contribution >= 0.6 is 0 Å². The zero-order valence-electron chi connectivity index (χ0n) is 16.1. The minimum absolute atomic E-state index is 0.175. The molecule has 0 bridgehead atoms. The number of nitrogens with one attached hydrogen (secondary N) is 1. The number of anilines is 1. The van der Waals surface area contributed by atoms with E-state index in [1.165, 1.54) is 0 Å². The van der Waals surface area contributed by atoms with E-state index in [0.29, 0.717) is 42.4 Å². The standard InChI is InChI=1S/C20H29NO5/c1-5-25-17-10-9-15(12-16(17)18(22)26-6-2)21-19(23)20(24-4)11-7-8-14(3)13-20/h9-10,12,14H,5-8,11,13H2,1-4H3,(H,21,23)/t14-,20-/m0/s1. The maximum absolute atomic E-state index is 12.9. The van der Waals surface area contributed by atoms with Crippen molar-refractivity contribution in [2.75, 3.05) is 25.6 Å². The van der Waals surface area contributed by atoms with E-state index in [1.807, 2.05) is 6.92 Å². The van der Waals surface area contributed by atoms with Gasteiger partial charge in [0, 0.05) is 12.8 Å². The Kier molecular flexibility index (Phi) is 7.03. The zero-order chi connectivity index (χ0) is 19.2. The highest BCUT2D eigenvalue weighted by molar-refractivity contribution is 5.99. The summed E-state index contributed by atoms with van der Waals surface area (Å²) in [4.78, 5) is 25.1. The van der Waals surface area contributed by atoms with Crippen LogP contribution in [0.3, 0.4) is 0 Å². The van der Waals surface area contributed by atoms with Crippen molar-refractivity contribution < 1.29 is 23.8 Å². The van der Waals surface area contributed by atoms with Gasteiger partial charge in [-0.25, -0.2) is 4.79 Å². The second-order valence-electron chi connectivity index (χ2n) is 6.72. The van der Waals surface area contributed by atoms with Crippen molar-refractivity contribution in [2.24, 2.45) is 5.92 Å². The Bertz CT molecular complexity index is 645. The van der Waals surface area contributed by atoms with E-state index >= 15 is 0 Å². The van der Waals surface area contributed by atoms with E-state index in [9.17, 15) is 9.59 Å². The van der Waals surface area contributed by atoms with Gasteiger partial charge in [0.25, 0.3) is 5.91 Å². The topological polar surface area (TPSA) is 73.9 Å². The van der Waals surface area contributed by atoms with Gasteiger partial charge in [-0.15, -0.1) is 0 Å². The lowest BCUT2D eigenvalue weighted by Crippen LogP contribution is -2.47. The van der Waals surface area contributed by atoms with Crippen LogP contribution in [0.1, 0.15) is 56.8 Å². The van der Waals surface area contributed by atoms with E-state index < -0.39 is 11.6 Å². The Balaban J connectivity index is 2.23. The fourth-order valence-corrected chi connectivity index (χ4v) is 3.49. The summed E-state index contributed by atoms with van der Waals surface area (Å²) in [5.74, 6) is 0.229. The first-order valence-corrected chi connectivity index (χ1v) is 9.26. The highest BCUT2D eigenvalue weighted by Gasteiger charge is 2.42. The monoisotopic (exact) mass is 363 g/mol. The minimum atomic E-state index is -0.819. The van der Waals surface area contributed by atoms with Gasteiger partial charge in [0.2, 0.25) is 0 Å². The molecular formula is C20H29NO5. The van der Waals surface area contributed by atoms with Crippen LogP contribution < -0.4 is 10.1 Å². The number of rotatable bonds is 7. The molecular weight excluding hydrogens is 334 g/mol. The summed E-state index contributed by atoms with van der Waals surface area (Å²) in [5.41, 5.74) is 0.00603. The van der Waals surface area contributed by atoms with Crippen molar-refractivity contribution in [1.29, 1.82) is 0 Å². The lowest BCUT2D eigenvalue weighted by Gasteiger charge is -2.37. The Morgan fingerprint density at radius 3 is 2.65 bits per heavy atom. The van der Waals surface area contributed by atoms with Gasteiger partial charge in [-0.05, 0) is 57.2 Å². The molecule has 1 amide bonds. The number of amides is 1. The fourth-order valence-electron chi connectivity index (χ4n) is 3.49. The Morgan fingerprint density at radius 1 is 1.27 bits per heavy atom. The van der Waals surface area contributed by atoms with Gasteiger partial charge >= 0.3 is 5.97 Å². The molecule has 1 aliphatic rings. The summed E-state index contributed by atoms with van der Waals surface area (Å²) in [6.45, 7) is 6.43. The molecule has 6 heteroatoms. The third-order valence-corrected chi connectivity index (χ3v) is 4.79. The summed E-state index contributed by atoms with van der Waals surface area (Å²) in [7, 11) is 1.58. The molecule has 1 aromatic carbocycles. The average molecular weight is 363 g/mol. The molecule has 2 rings (SSSR count). The molecule has 0 aromatic heterocycles. The van der Waals surface area contributed by atoms with Gasteiger partial charge in [0.1, 0.15) is 16.9 Å². The molecule has 2 atom stereocenters. The first kappa shape index (κ1) is 20.2. The number of methoxy groups -OCH3 is 1. The lowest BCUT2D eigenvalue weighted by molar-refractivity contribution is -0.143. The van der Waals surface area contributed by atoms with E-state index in [2.05, 4.69) is 12.2 Å². The maximum atomic E-state index is 12.9. The first-order chi connectivity index (χ1) is 12.5. The predicted molar refractivity (Wildman–Crippen MR) is 99.6 cm³/mol. The van der Waals surface area contributed by atoms with E-state index in [0.717, 1.165) is 12.8 Å². The molecule has 0 spiro atoms. The Morgan fingerprint density at radius 2 is 2.04 bits per heavy atom. The van der Waals surface area contributed by atoms with Crippen LogP contribution in [0.5, 0.6) is 5.75 Å². The van der Waals surface area contributed by atoms with E-state index in [1.54, 1.807) is 32.2 Å². The largest absolute Gasteiger partial charge is 0.493 e. The van der Waals surface area contributed by atoms with Crippen LogP contribution in [-0.4, -0.2) is 37.8 Å². The summed E-state index contributed by atoms with van der Waals surface area (Å²) < 4.78 is 16.2. The number of ether oxygens (including phenoxy) is 3. The van der Waals surface area contributed by atoms with Gasteiger partial charge in [-0.2, -0.15) is 0 Å². The number of carbonyl (C=O) groups is 2. The van der Waals surface area contributed by atoms with Gasteiger partial charge < -0.3 is 19.5 Å². The highest BCUT2D eigenvalue weighted by atomic mass is 16.5. The normalized spacial score (nSPS) is 22.5. The molecule has 0 heterocycles. The van der Waals surface area contributed by atoms with Crippen molar-refractivity contribution in [2.45, 2.75) is 52.1 Å². The Hall–Kier alpha value is -2.08. The zero-order valence-corrected chi connectivity index (χ0v) is 16.1. The fraction of sp³-hybridized carbons (Fsp3) is 0.600. The van der Waals surface area contributed by atoms with Crippen LogP contribution in [0.25, 0.3) is 0 Å². The molecule has 0 aliphatic heterocycles. The van der Waals surface area contributed by atoms with Crippen LogP contribution in [0, 0.1) is 5.92 Å².